The van der Waals surface area contributed by atoms with Crippen molar-refractivity contribution in [3.05, 3.63) is 0 Å². The fraction of sp³-hybridized carbons (Fsp3) is 1.00. The Bertz CT molecular complexity index is 218. The van der Waals surface area contributed by atoms with Gasteiger partial charge in [-0.25, -0.2) is 0 Å². The molecular weight excluding hydrogens is 295 g/mol. The Labute approximate surface area is 140 Å². The Kier molecular flexibility index (Phi) is 12.6. The van der Waals surface area contributed by atoms with E-state index in [1.165, 1.54) is 95.5 Å². The normalized spacial score (nSPS) is 14.0. The molecule has 0 aliphatic heterocycles. The van der Waals surface area contributed by atoms with Crippen molar-refractivity contribution < 1.29 is 0 Å². The zero-order valence-electron chi connectivity index (χ0n) is 15.4. The summed E-state index contributed by atoms with van der Waals surface area (Å²) in [5.74, 6) is -1.86. The molecule has 0 aromatic heterocycles. The predicted molar refractivity (Wildman–Crippen MR) is 106 cm³/mol. The number of hydrogen-bond acceptors (Lipinski definition) is 0. The minimum atomic E-state index is -1.86. The Morgan fingerprint density at radius 3 is 1.24 bits per heavy atom. The summed E-state index contributed by atoms with van der Waals surface area (Å²) < 4.78 is 0. The second-order valence-electron chi connectivity index (χ2n) is 7.45. The van der Waals surface area contributed by atoms with Crippen LogP contribution in [0.5, 0.6) is 0 Å². The maximum absolute atomic E-state index is 7.19. The molecule has 0 saturated carbocycles. The van der Waals surface area contributed by atoms with E-state index < -0.39 is 5.96 Å². The molecule has 0 amide bonds. The van der Waals surface area contributed by atoms with Gasteiger partial charge in [-0.1, -0.05) is 0 Å². The summed E-state index contributed by atoms with van der Waals surface area (Å²) in [5.41, 5.74) is 0. The van der Waals surface area contributed by atoms with E-state index in [0.717, 1.165) is 0 Å². The molecule has 0 N–H and O–H groups in total. The second kappa shape index (κ2) is 12.2. The van der Waals surface area contributed by atoms with Gasteiger partial charge in [-0.2, -0.15) is 0 Å². The molecule has 0 nitrogen and oxygen atoms in total. The van der Waals surface area contributed by atoms with Crippen molar-refractivity contribution in [3.63, 3.8) is 0 Å². The monoisotopic (exact) mass is 336 g/mol. The van der Waals surface area contributed by atoms with Crippen LogP contribution in [-0.2, 0) is 0 Å². The maximum atomic E-state index is 7.19. The van der Waals surface area contributed by atoms with Gasteiger partial charge in [0.05, 0.1) is 0 Å². The van der Waals surface area contributed by atoms with Crippen molar-refractivity contribution in [3.8, 4) is 0 Å². The molecule has 21 heavy (non-hydrogen) atoms. The Morgan fingerprint density at radius 1 is 0.571 bits per heavy atom. The zero-order chi connectivity index (χ0) is 16.1. The standard InChI is InChI=1S/C19H42ClP/c1-5-8-10-12-14-16-18-21(4,20,7-3)19-17-15-13-11-9-6-2/h5-19H2,1-4H3. The molecule has 0 aliphatic rings. The fourth-order valence-corrected chi connectivity index (χ4v) is 6.88. The first kappa shape index (κ1) is 21.7. The minimum absolute atomic E-state index is 1.23. The van der Waals surface area contributed by atoms with Crippen molar-refractivity contribution in [2.75, 3.05) is 25.2 Å². The third kappa shape index (κ3) is 11.9. The summed E-state index contributed by atoms with van der Waals surface area (Å²) in [6.07, 6.45) is 20.6. The zero-order valence-corrected chi connectivity index (χ0v) is 17.1. The van der Waals surface area contributed by atoms with Gasteiger partial charge in [-0.15, -0.1) is 0 Å². The third-order valence-corrected chi connectivity index (χ3v) is 11.8. The molecule has 2 heteroatoms. The van der Waals surface area contributed by atoms with Gasteiger partial charge in [0.15, 0.2) is 0 Å². The van der Waals surface area contributed by atoms with E-state index >= 15 is 0 Å². The molecule has 0 aromatic rings. The van der Waals surface area contributed by atoms with E-state index in [9.17, 15) is 0 Å². The van der Waals surface area contributed by atoms with Crippen LogP contribution in [0.1, 0.15) is 97.8 Å². The summed E-state index contributed by atoms with van der Waals surface area (Å²) in [6.45, 7) is 9.36. The van der Waals surface area contributed by atoms with E-state index in [-0.39, 0.29) is 0 Å². The van der Waals surface area contributed by atoms with Gasteiger partial charge in [0.1, 0.15) is 0 Å². The molecule has 0 spiro atoms. The topological polar surface area (TPSA) is 0 Å². The van der Waals surface area contributed by atoms with Crippen LogP contribution < -0.4 is 0 Å². The molecule has 0 radical (unpaired) electrons. The van der Waals surface area contributed by atoms with Gasteiger partial charge < -0.3 is 0 Å². The van der Waals surface area contributed by atoms with Crippen LogP contribution in [-0.4, -0.2) is 25.2 Å². The average Bonchev–Trinajstić information content (AvgIpc) is 2.47. The van der Waals surface area contributed by atoms with E-state index in [2.05, 4.69) is 27.4 Å². The van der Waals surface area contributed by atoms with E-state index in [0.29, 0.717) is 0 Å². The Morgan fingerprint density at radius 2 is 0.905 bits per heavy atom. The molecule has 0 bridgehead atoms. The van der Waals surface area contributed by atoms with Crippen molar-refractivity contribution in [2.24, 2.45) is 0 Å². The predicted octanol–water partition coefficient (Wildman–Crippen LogP) is 8.06. The molecular formula is C19H42ClP. The molecule has 0 heterocycles. The molecule has 130 valence electrons. The van der Waals surface area contributed by atoms with Crippen LogP contribution in [0.4, 0.5) is 0 Å². The van der Waals surface area contributed by atoms with E-state index in [1.807, 2.05) is 0 Å². The molecule has 0 fully saturated rings. The Hall–Kier alpha value is 0.720. The number of halogens is 1. The van der Waals surface area contributed by atoms with Crippen LogP contribution in [0, 0.1) is 0 Å². The average molecular weight is 337 g/mol. The number of unbranched alkanes of at least 4 members (excludes halogenated alkanes) is 10. The first-order valence-corrected chi connectivity index (χ1v) is 13.8. The van der Waals surface area contributed by atoms with Crippen molar-refractivity contribution in [1.82, 2.24) is 0 Å². The molecule has 0 rings (SSSR count). The molecule has 0 aromatic carbocycles. The molecule has 0 atom stereocenters. The van der Waals surface area contributed by atoms with Gasteiger partial charge in [0.2, 0.25) is 0 Å². The Balaban J connectivity index is 3.86. The van der Waals surface area contributed by atoms with Crippen LogP contribution in [0.2, 0.25) is 0 Å². The van der Waals surface area contributed by atoms with Crippen molar-refractivity contribution >= 4 is 17.2 Å². The van der Waals surface area contributed by atoms with Gasteiger partial charge in [0, 0.05) is 0 Å². The van der Waals surface area contributed by atoms with E-state index in [1.54, 1.807) is 0 Å². The van der Waals surface area contributed by atoms with Crippen LogP contribution in [0.15, 0.2) is 0 Å². The van der Waals surface area contributed by atoms with Gasteiger partial charge in [0.25, 0.3) is 0 Å². The van der Waals surface area contributed by atoms with Gasteiger partial charge in [-0.05, 0) is 0 Å². The SMILES string of the molecule is CCCCCCCCP(C)(Cl)(CC)CCCCCCCC. The molecule has 0 saturated heterocycles. The summed E-state index contributed by atoms with van der Waals surface area (Å²) in [6, 6.07) is 0. The quantitative estimate of drug-likeness (QED) is 0.209. The van der Waals surface area contributed by atoms with Crippen molar-refractivity contribution in [1.29, 1.82) is 0 Å². The summed E-state index contributed by atoms with van der Waals surface area (Å²) in [5, 5.41) is 0. The molecule has 0 aliphatic carbocycles. The van der Waals surface area contributed by atoms with Gasteiger partial charge in [-0.3, -0.25) is 0 Å². The van der Waals surface area contributed by atoms with E-state index in [4.69, 9.17) is 11.2 Å². The van der Waals surface area contributed by atoms with Crippen LogP contribution in [0.25, 0.3) is 0 Å². The summed E-state index contributed by atoms with van der Waals surface area (Å²) in [4.78, 5) is 0. The first-order chi connectivity index (χ1) is 9.96. The fourth-order valence-electron chi connectivity index (χ4n) is 3.10. The van der Waals surface area contributed by atoms with Crippen LogP contribution in [0.3, 0.4) is 0 Å². The molecule has 0 unspecified atom stereocenters. The second-order valence-corrected chi connectivity index (χ2v) is 16.4. The third-order valence-electron chi connectivity index (χ3n) is 5.15. The summed E-state index contributed by atoms with van der Waals surface area (Å²) in [7, 11) is 0. The summed E-state index contributed by atoms with van der Waals surface area (Å²) >= 11 is 7.19. The number of hydrogen-bond donors (Lipinski definition) is 0. The first-order valence-electron chi connectivity index (χ1n) is 9.69. The van der Waals surface area contributed by atoms with Gasteiger partial charge >= 0.3 is 140 Å². The van der Waals surface area contributed by atoms with Crippen LogP contribution >= 0.6 is 17.2 Å². The number of rotatable bonds is 15. The van der Waals surface area contributed by atoms with Crippen molar-refractivity contribution in [2.45, 2.75) is 97.8 Å².